The molecule has 8 nitrogen and oxygen atoms in total. The lowest BCUT2D eigenvalue weighted by atomic mass is 10.1. The highest BCUT2D eigenvalue weighted by molar-refractivity contribution is 6.34. The molecule has 182 valence electrons. The van der Waals surface area contributed by atoms with Crippen LogP contribution in [0.25, 0.3) is 6.08 Å². The van der Waals surface area contributed by atoms with E-state index >= 15 is 0 Å². The van der Waals surface area contributed by atoms with E-state index in [1.165, 1.54) is 38.3 Å². The van der Waals surface area contributed by atoms with Crippen LogP contribution in [0.15, 0.2) is 71.4 Å². The fraction of sp³-hybridized carbons (Fsp3) is 0.0769. The van der Waals surface area contributed by atoms with Crippen molar-refractivity contribution in [1.29, 1.82) is 0 Å². The number of methoxy groups -OCH3 is 1. The summed E-state index contributed by atoms with van der Waals surface area (Å²) in [4.78, 5) is 40.4. The second-order valence-electron chi connectivity index (χ2n) is 7.50. The molecule has 0 aliphatic carbocycles. The molecular formula is C26H18Cl2N2O6. The van der Waals surface area contributed by atoms with Crippen molar-refractivity contribution in [3.05, 3.63) is 93.1 Å². The van der Waals surface area contributed by atoms with Gasteiger partial charge in [-0.3, -0.25) is 4.79 Å². The van der Waals surface area contributed by atoms with Crippen molar-refractivity contribution in [2.24, 2.45) is 4.99 Å². The normalized spacial score (nSPS) is 13.7. The maximum Gasteiger partial charge on any atom is 0.363 e. The van der Waals surface area contributed by atoms with Crippen LogP contribution in [0.5, 0.6) is 11.5 Å². The van der Waals surface area contributed by atoms with Crippen molar-refractivity contribution < 1.29 is 28.6 Å². The molecule has 0 spiro atoms. The first-order valence-corrected chi connectivity index (χ1v) is 11.3. The largest absolute Gasteiger partial charge is 0.493 e. The highest BCUT2D eigenvalue weighted by atomic mass is 35.5. The molecule has 0 fully saturated rings. The lowest BCUT2D eigenvalue weighted by Gasteiger charge is -2.12. The molecule has 10 heteroatoms. The van der Waals surface area contributed by atoms with E-state index in [1.807, 2.05) is 0 Å². The number of halogens is 2. The minimum atomic E-state index is -0.704. The van der Waals surface area contributed by atoms with Gasteiger partial charge in [0.15, 0.2) is 17.2 Å². The second kappa shape index (κ2) is 10.6. The first-order chi connectivity index (χ1) is 17.2. The smallest absolute Gasteiger partial charge is 0.363 e. The highest BCUT2D eigenvalue weighted by Crippen LogP contribution is 2.38. The molecule has 1 aliphatic heterocycles. The molecule has 1 amide bonds. The summed E-state index contributed by atoms with van der Waals surface area (Å²) in [7, 11) is 1.39. The molecule has 0 unspecified atom stereocenters. The van der Waals surface area contributed by atoms with Crippen LogP contribution in [-0.4, -0.2) is 30.9 Å². The van der Waals surface area contributed by atoms with Gasteiger partial charge in [-0.2, -0.15) is 0 Å². The van der Waals surface area contributed by atoms with Crippen molar-refractivity contribution in [3.8, 4) is 11.5 Å². The van der Waals surface area contributed by atoms with Crippen molar-refractivity contribution >= 4 is 58.7 Å². The van der Waals surface area contributed by atoms with Gasteiger partial charge in [-0.1, -0.05) is 35.3 Å². The van der Waals surface area contributed by atoms with Crippen LogP contribution >= 0.6 is 23.2 Å². The average molecular weight is 525 g/mol. The molecule has 3 aromatic rings. The quantitative estimate of drug-likeness (QED) is 0.258. The van der Waals surface area contributed by atoms with Crippen LogP contribution < -0.4 is 14.8 Å². The first kappa shape index (κ1) is 25.0. The molecule has 1 N–H and O–H groups in total. The number of carbonyl (C=O) groups excluding carboxylic acids is 3. The number of carbonyl (C=O) groups is 3. The maximum atomic E-state index is 12.6. The number of hydrogen-bond donors (Lipinski definition) is 1. The third-order valence-electron chi connectivity index (χ3n) is 4.92. The number of nitrogens with zero attached hydrogens (tertiary/aromatic N) is 1. The minimum Gasteiger partial charge on any atom is -0.493 e. The Morgan fingerprint density at radius 1 is 1.03 bits per heavy atom. The number of amides is 1. The molecular weight excluding hydrogens is 507 g/mol. The number of rotatable bonds is 6. The first-order valence-electron chi connectivity index (χ1n) is 10.5. The van der Waals surface area contributed by atoms with Gasteiger partial charge in [0.25, 0.3) is 0 Å². The molecule has 1 aliphatic rings. The Kier molecular flexibility index (Phi) is 7.38. The Morgan fingerprint density at radius 2 is 1.75 bits per heavy atom. The summed E-state index contributed by atoms with van der Waals surface area (Å²) in [6.07, 6.45) is 1.47. The van der Waals surface area contributed by atoms with Crippen molar-refractivity contribution in [3.63, 3.8) is 0 Å². The molecule has 3 aromatic carbocycles. The molecule has 36 heavy (non-hydrogen) atoms. The van der Waals surface area contributed by atoms with E-state index in [-0.39, 0.29) is 44.6 Å². The van der Waals surface area contributed by atoms with Crippen LogP contribution in [-0.2, 0) is 14.3 Å². The predicted molar refractivity (Wildman–Crippen MR) is 136 cm³/mol. The van der Waals surface area contributed by atoms with Gasteiger partial charge in [-0.25, -0.2) is 14.6 Å². The van der Waals surface area contributed by atoms with Gasteiger partial charge < -0.3 is 19.5 Å². The zero-order valence-corrected chi connectivity index (χ0v) is 20.5. The number of ether oxygens (including phenoxy) is 3. The summed E-state index contributed by atoms with van der Waals surface area (Å²) in [6.45, 7) is 1.41. The number of cyclic esters (lactones) is 1. The molecule has 1 heterocycles. The van der Waals surface area contributed by atoms with Gasteiger partial charge in [0.2, 0.25) is 11.8 Å². The molecule has 4 rings (SSSR count). The Labute approximate surface area is 216 Å². The van der Waals surface area contributed by atoms with Crippen LogP contribution in [0.3, 0.4) is 0 Å². The summed E-state index contributed by atoms with van der Waals surface area (Å²) >= 11 is 12.5. The second-order valence-corrected chi connectivity index (χ2v) is 8.31. The van der Waals surface area contributed by atoms with Gasteiger partial charge in [0, 0.05) is 18.2 Å². The zero-order valence-electron chi connectivity index (χ0n) is 19.0. The van der Waals surface area contributed by atoms with Crippen LogP contribution in [0.1, 0.15) is 28.4 Å². The molecule has 0 saturated carbocycles. The fourth-order valence-electron chi connectivity index (χ4n) is 3.29. The van der Waals surface area contributed by atoms with Crippen LogP contribution in [0.2, 0.25) is 10.0 Å². The number of esters is 2. The fourth-order valence-corrected chi connectivity index (χ4v) is 3.76. The molecule has 0 aromatic heterocycles. The van der Waals surface area contributed by atoms with E-state index < -0.39 is 11.9 Å². The summed E-state index contributed by atoms with van der Waals surface area (Å²) in [5, 5.41) is 2.97. The average Bonchev–Trinajstić information content (AvgIpc) is 3.20. The summed E-state index contributed by atoms with van der Waals surface area (Å²) in [5.41, 5.74) is 1.83. The van der Waals surface area contributed by atoms with Gasteiger partial charge in [-0.05, 0) is 60.2 Å². The van der Waals surface area contributed by atoms with Crippen molar-refractivity contribution in [2.45, 2.75) is 6.92 Å². The topological polar surface area (TPSA) is 103 Å². The third kappa shape index (κ3) is 5.56. The minimum absolute atomic E-state index is 0.00341. The number of benzene rings is 3. The Hall–Kier alpha value is -4.14. The van der Waals surface area contributed by atoms with E-state index in [0.717, 1.165) is 0 Å². The molecule has 0 radical (unpaired) electrons. The lowest BCUT2D eigenvalue weighted by Crippen LogP contribution is -2.10. The molecule has 0 bridgehead atoms. The van der Waals surface area contributed by atoms with Gasteiger partial charge >= 0.3 is 11.9 Å². The third-order valence-corrected chi connectivity index (χ3v) is 5.53. The van der Waals surface area contributed by atoms with E-state index in [4.69, 9.17) is 37.4 Å². The number of hydrogen-bond acceptors (Lipinski definition) is 7. The van der Waals surface area contributed by atoms with E-state index in [2.05, 4.69) is 10.3 Å². The number of nitrogens with one attached hydrogen (secondary N) is 1. The number of anilines is 1. The zero-order chi connectivity index (χ0) is 25.8. The Morgan fingerprint density at radius 3 is 2.42 bits per heavy atom. The Bertz CT molecular complexity index is 1430. The highest BCUT2D eigenvalue weighted by Gasteiger charge is 2.25. The van der Waals surface area contributed by atoms with Gasteiger partial charge in [0.1, 0.15) is 0 Å². The molecule has 0 saturated heterocycles. The Balaban J connectivity index is 1.59. The van der Waals surface area contributed by atoms with Gasteiger partial charge in [0.05, 0.1) is 22.7 Å². The predicted octanol–water partition coefficient (Wildman–Crippen LogP) is 5.52. The van der Waals surface area contributed by atoms with E-state index in [1.54, 1.807) is 42.5 Å². The molecule has 0 atom stereocenters. The number of aliphatic imine (C=N–C) groups is 1. The van der Waals surface area contributed by atoms with Crippen molar-refractivity contribution in [1.82, 2.24) is 0 Å². The lowest BCUT2D eigenvalue weighted by molar-refractivity contribution is -0.129. The van der Waals surface area contributed by atoms with Crippen LogP contribution in [0, 0.1) is 0 Å². The maximum absolute atomic E-state index is 12.6. The SMILES string of the molecule is COc1cc(/C=C2\N=C(c3ccc(NC(C)=O)cc3)OC2=O)cc(Cl)c1OC(=O)c1ccccc1Cl. The summed E-state index contributed by atoms with van der Waals surface area (Å²) in [6, 6.07) is 16.2. The standard InChI is InChI=1S/C26H18Cl2N2O6/c1-14(31)29-17-9-7-16(8-10-17)24-30-21(26(33)36-24)12-15-11-20(28)23(22(13-15)34-2)35-25(32)18-5-3-4-6-19(18)27/h3-13H,1-2H3,(H,29,31)/b21-12-. The summed E-state index contributed by atoms with van der Waals surface area (Å²) < 4.78 is 16.1. The van der Waals surface area contributed by atoms with E-state index in [0.29, 0.717) is 16.8 Å². The van der Waals surface area contributed by atoms with E-state index in [9.17, 15) is 14.4 Å². The van der Waals surface area contributed by atoms with Gasteiger partial charge in [-0.15, -0.1) is 0 Å². The monoisotopic (exact) mass is 524 g/mol. The van der Waals surface area contributed by atoms with Crippen molar-refractivity contribution in [2.75, 3.05) is 12.4 Å². The van der Waals surface area contributed by atoms with Crippen LogP contribution in [0.4, 0.5) is 5.69 Å². The summed E-state index contributed by atoms with van der Waals surface area (Å²) in [5.74, 6) is -1.27.